The van der Waals surface area contributed by atoms with Gasteiger partial charge < -0.3 is 5.73 Å². The fraction of sp³-hybridized carbons (Fsp3) is 0.600. The summed E-state index contributed by atoms with van der Waals surface area (Å²) in [7, 11) is 0. The molecule has 0 bridgehead atoms. The Bertz CT molecular complexity index is 365. The molecule has 0 amide bonds. The normalized spacial score (nSPS) is 22.3. The Morgan fingerprint density at radius 2 is 2.06 bits per heavy atom. The van der Waals surface area contributed by atoms with E-state index in [1.165, 1.54) is 36.9 Å². The Labute approximate surface area is 117 Å². The number of piperidine rings is 1. The molecule has 2 nitrogen and oxygen atoms in total. The highest BCUT2D eigenvalue weighted by Gasteiger charge is 2.25. The van der Waals surface area contributed by atoms with Crippen molar-refractivity contribution in [1.82, 2.24) is 4.90 Å². The highest BCUT2D eigenvalue weighted by atomic mass is 35.5. The van der Waals surface area contributed by atoms with Crippen molar-refractivity contribution in [3.05, 3.63) is 35.4 Å². The van der Waals surface area contributed by atoms with Crippen LogP contribution in [-0.4, -0.2) is 23.5 Å². The molecule has 0 aliphatic carbocycles. The molecule has 2 atom stereocenters. The average Bonchev–Trinajstić information content (AvgIpc) is 2.32. The number of nitrogens with zero attached hydrogens (tertiary/aromatic N) is 1. The van der Waals surface area contributed by atoms with Crippen LogP contribution in [0.3, 0.4) is 0 Å². The highest BCUT2D eigenvalue weighted by molar-refractivity contribution is 5.85. The minimum atomic E-state index is 0. The second-order valence-electron chi connectivity index (χ2n) is 5.32. The van der Waals surface area contributed by atoms with E-state index in [0.717, 1.165) is 6.54 Å². The maximum absolute atomic E-state index is 6.11. The van der Waals surface area contributed by atoms with Crippen molar-refractivity contribution in [3.63, 3.8) is 0 Å². The number of benzene rings is 1. The van der Waals surface area contributed by atoms with Crippen molar-refractivity contribution in [3.8, 4) is 0 Å². The molecule has 2 unspecified atom stereocenters. The predicted molar refractivity (Wildman–Crippen MR) is 80.1 cm³/mol. The molecular weight excluding hydrogens is 244 g/mol. The highest BCUT2D eigenvalue weighted by Crippen LogP contribution is 2.22. The van der Waals surface area contributed by atoms with E-state index < -0.39 is 0 Å². The van der Waals surface area contributed by atoms with Crippen LogP contribution in [0.2, 0.25) is 0 Å². The first-order valence-corrected chi connectivity index (χ1v) is 6.72. The van der Waals surface area contributed by atoms with Crippen molar-refractivity contribution < 1.29 is 0 Å². The summed E-state index contributed by atoms with van der Waals surface area (Å²) in [5, 5.41) is 0. The molecule has 1 aromatic rings. The fourth-order valence-corrected chi connectivity index (χ4v) is 2.81. The molecule has 1 aromatic carbocycles. The standard InChI is InChI=1S/C15H24N2.ClH/c1-12-7-3-4-8-14(12)11-17-10-6-5-9-15(17)13(2)16;/h3-4,7-8,13,15H,5-6,9-11,16H2,1-2H3;1H. The van der Waals surface area contributed by atoms with Gasteiger partial charge in [-0.15, -0.1) is 12.4 Å². The number of rotatable bonds is 3. The monoisotopic (exact) mass is 268 g/mol. The van der Waals surface area contributed by atoms with Crippen LogP contribution in [0.15, 0.2) is 24.3 Å². The van der Waals surface area contributed by atoms with Crippen molar-refractivity contribution >= 4 is 12.4 Å². The van der Waals surface area contributed by atoms with Gasteiger partial charge in [0.05, 0.1) is 0 Å². The first-order valence-electron chi connectivity index (χ1n) is 6.72. The number of halogens is 1. The lowest BCUT2D eigenvalue weighted by Crippen LogP contribution is -2.48. The smallest absolute Gasteiger partial charge is 0.0248 e. The van der Waals surface area contributed by atoms with E-state index in [0.29, 0.717) is 6.04 Å². The second-order valence-corrected chi connectivity index (χ2v) is 5.32. The molecular formula is C15H25ClN2. The van der Waals surface area contributed by atoms with Crippen LogP contribution in [0.4, 0.5) is 0 Å². The zero-order chi connectivity index (χ0) is 12.3. The molecule has 0 saturated carbocycles. The number of hydrogen-bond donors (Lipinski definition) is 1. The molecule has 102 valence electrons. The minimum Gasteiger partial charge on any atom is -0.327 e. The summed E-state index contributed by atoms with van der Waals surface area (Å²) in [6.07, 6.45) is 3.90. The Kier molecular flexibility index (Phi) is 6.13. The van der Waals surface area contributed by atoms with E-state index in [-0.39, 0.29) is 18.4 Å². The van der Waals surface area contributed by atoms with E-state index in [4.69, 9.17) is 5.73 Å². The van der Waals surface area contributed by atoms with Gasteiger partial charge in [-0.05, 0) is 44.4 Å². The van der Waals surface area contributed by atoms with Crippen molar-refractivity contribution in [2.24, 2.45) is 5.73 Å². The maximum atomic E-state index is 6.11. The number of hydrogen-bond acceptors (Lipinski definition) is 2. The van der Waals surface area contributed by atoms with Gasteiger partial charge in [0.1, 0.15) is 0 Å². The summed E-state index contributed by atoms with van der Waals surface area (Å²) in [6, 6.07) is 9.51. The predicted octanol–water partition coefficient (Wildman–Crippen LogP) is 3.12. The largest absolute Gasteiger partial charge is 0.327 e. The third kappa shape index (κ3) is 3.71. The Hall–Kier alpha value is -0.570. The molecule has 1 aliphatic rings. The van der Waals surface area contributed by atoms with E-state index in [9.17, 15) is 0 Å². The van der Waals surface area contributed by atoms with Crippen molar-refractivity contribution in [2.75, 3.05) is 6.54 Å². The van der Waals surface area contributed by atoms with Crippen LogP contribution in [0, 0.1) is 6.92 Å². The van der Waals surface area contributed by atoms with Gasteiger partial charge in [-0.2, -0.15) is 0 Å². The van der Waals surface area contributed by atoms with Crippen LogP contribution in [0.5, 0.6) is 0 Å². The molecule has 2 N–H and O–H groups in total. The average molecular weight is 269 g/mol. The summed E-state index contributed by atoms with van der Waals surface area (Å²) in [5.41, 5.74) is 8.94. The number of nitrogens with two attached hydrogens (primary N) is 1. The Morgan fingerprint density at radius 3 is 2.72 bits per heavy atom. The number of aryl methyl sites for hydroxylation is 1. The van der Waals surface area contributed by atoms with E-state index >= 15 is 0 Å². The quantitative estimate of drug-likeness (QED) is 0.913. The van der Waals surface area contributed by atoms with Gasteiger partial charge in [-0.3, -0.25) is 4.90 Å². The van der Waals surface area contributed by atoms with Gasteiger partial charge >= 0.3 is 0 Å². The van der Waals surface area contributed by atoms with Crippen LogP contribution in [0.1, 0.15) is 37.3 Å². The molecule has 0 aromatic heterocycles. The third-order valence-electron chi connectivity index (χ3n) is 3.91. The molecule has 18 heavy (non-hydrogen) atoms. The lowest BCUT2D eigenvalue weighted by molar-refractivity contribution is 0.123. The first-order chi connectivity index (χ1) is 8.18. The number of likely N-dealkylation sites (tertiary alicyclic amines) is 1. The van der Waals surface area contributed by atoms with Gasteiger partial charge in [0.2, 0.25) is 0 Å². The molecule has 0 radical (unpaired) electrons. The van der Waals surface area contributed by atoms with Crippen LogP contribution < -0.4 is 5.73 Å². The lowest BCUT2D eigenvalue weighted by atomic mass is 9.96. The van der Waals surface area contributed by atoms with Gasteiger partial charge in [0.25, 0.3) is 0 Å². The van der Waals surface area contributed by atoms with Gasteiger partial charge in [0, 0.05) is 18.6 Å². The third-order valence-corrected chi connectivity index (χ3v) is 3.91. The fourth-order valence-electron chi connectivity index (χ4n) is 2.81. The summed E-state index contributed by atoms with van der Waals surface area (Å²) in [6.45, 7) is 6.58. The lowest BCUT2D eigenvalue weighted by Gasteiger charge is -2.38. The maximum Gasteiger partial charge on any atom is 0.0248 e. The van der Waals surface area contributed by atoms with Crippen molar-refractivity contribution in [2.45, 2.75) is 51.7 Å². The minimum absolute atomic E-state index is 0. The zero-order valence-corrected chi connectivity index (χ0v) is 12.2. The van der Waals surface area contributed by atoms with Gasteiger partial charge in [-0.25, -0.2) is 0 Å². The van der Waals surface area contributed by atoms with E-state index in [1.807, 2.05) is 0 Å². The van der Waals surface area contributed by atoms with Crippen molar-refractivity contribution in [1.29, 1.82) is 0 Å². The zero-order valence-electron chi connectivity index (χ0n) is 11.4. The summed E-state index contributed by atoms with van der Waals surface area (Å²) in [4.78, 5) is 2.57. The Balaban J connectivity index is 0.00000162. The molecule has 1 saturated heterocycles. The van der Waals surface area contributed by atoms with Crippen LogP contribution in [-0.2, 0) is 6.54 Å². The van der Waals surface area contributed by atoms with Gasteiger partial charge in [0.15, 0.2) is 0 Å². The summed E-state index contributed by atoms with van der Waals surface area (Å²) < 4.78 is 0. The molecule has 2 rings (SSSR count). The summed E-state index contributed by atoms with van der Waals surface area (Å²) >= 11 is 0. The van der Waals surface area contributed by atoms with Gasteiger partial charge in [-0.1, -0.05) is 30.7 Å². The van der Waals surface area contributed by atoms with E-state index in [2.05, 4.69) is 43.0 Å². The topological polar surface area (TPSA) is 29.3 Å². The van der Waals surface area contributed by atoms with Crippen LogP contribution >= 0.6 is 12.4 Å². The molecule has 1 aliphatic heterocycles. The molecule has 3 heteroatoms. The Morgan fingerprint density at radius 1 is 1.33 bits per heavy atom. The first kappa shape index (κ1) is 15.5. The summed E-state index contributed by atoms with van der Waals surface area (Å²) in [5.74, 6) is 0. The van der Waals surface area contributed by atoms with E-state index in [1.54, 1.807) is 0 Å². The van der Waals surface area contributed by atoms with Crippen LogP contribution in [0.25, 0.3) is 0 Å². The molecule has 0 spiro atoms. The second kappa shape index (κ2) is 7.13. The molecule has 1 heterocycles. The SMILES string of the molecule is Cc1ccccc1CN1CCCCC1C(C)N.Cl. The molecule has 1 fully saturated rings.